The molecule has 1 aliphatic heterocycles. The summed E-state index contributed by atoms with van der Waals surface area (Å²) in [5, 5.41) is 3.32. The lowest BCUT2D eigenvalue weighted by Gasteiger charge is -2.31. The maximum absolute atomic E-state index is 11.4. The summed E-state index contributed by atoms with van der Waals surface area (Å²) in [6.45, 7) is 0.774. The van der Waals surface area contributed by atoms with Crippen LogP contribution in [0.5, 0.6) is 0 Å². The topological polar surface area (TPSA) is 98.0 Å². The van der Waals surface area contributed by atoms with Crippen molar-refractivity contribution in [3.63, 3.8) is 0 Å². The van der Waals surface area contributed by atoms with Gasteiger partial charge < -0.3 is 11.1 Å². The Morgan fingerprint density at radius 3 is 2.43 bits per heavy atom. The third-order valence-electron chi connectivity index (χ3n) is 4.53. The van der Waals surface area contributed by atoms with Crippen LogP contribution in [-0.4, -0.2) is 42.5 Å². The molecule has 0 atom stereocenters. The molecule has 9 heteroatoms. The molecular formula is C14H24Cl2N4O2S. The minimum absolute atomic E-state index is 0. The molecule has 2 heterocycles. The molecule has 0 radical (unpaired) electrons. The van der Waals surface area contributed by atoms with Gasteiger partial charge in [-0.05, 0) is 31.6 Å². The zero-order chi connectivity index (χ0) is 14.9. The molecule has 23 heavy (non-hydrogen) atoms. The van der Waals surface area contributed by atoms with E-state index in [9.17, 15) is 8.42 Å². The van der Waals surface area contributed by atoms with E-state index >= 15 is 0 Å². The van der Waals surface area contributed by atoms with Gasteiger partial charge in [-0.1, -0.05) is 0 Å². The molecule has 1 saturated heterocycles. The molecule has 1 aromatic rings. The summed E-state index contributed by atoms with van der Waals surface area (Å²) in [7, 11) is -2.78. The monoisotopic (exact) mass is 382 g/mol. The van der Waals surface area contributed by atoms with Gasteiger partial charge in [-0.25, -0.2) is 18.4 Å². The zero-order valence-corrected chi connectivity index (χ0v) is 15.3. The van der Waals surface area contributed by atoms with Crippen molar-refractivity contribution in [1.82, 2.24) is 9.97 Å². The van der Waals surface area contributed by atoms with E-state index in [1.807, 2.05) is 6.07 Å². The molecule has 3 rings (SSSR count). The van der Waals surface area contributed by atoms with E-state index in [2.05, 4.69) is 15.3 Å². The van der Waals surface area contributed by atoms with Gasteiger partial charge in [-0.15, -0.1) is 24.8 Å². The zero-order valence-electron chi connectivity index (χ0n) is 12.8. The highest BCUT2D eigenvalue weighted by atomic mass is 35.5. The van der Waals surface area contributed by atoms with Crippen LogP contribution in [0.3, 0.4) is 0 Å². The Kier molecular flexibility index (Phi) is 7.51. The van der Waals surface area contributed by atoms with Crippen molar-refractivity contribution < 1.29 is 8.42 Å². The smallest absolute Gasteiger partial charge is 0.150 e. The van der Waals surface area contributed by atoms with Crippen molar-refractivity contribution in [2.24, 2.45) is 11.7 Å². The maximum Gasteiger partial charge on any atom is 0.150 e. The van der Waals surface area contributed by atoms with Gasteiger partial charge in [0, 0.05) is 30.3 Å². The summed E-state index contributed by atoms with van der Waals surface area (Å²) in [6, 6.07) is 2.31. The highest BCUT2D eigenvalue weighted by molar-refractivity contribution is 7.91. The fourth-order valence-corrected chi connectivity index (χ4v) is 4.58. The standard InChI is InChI=1S/C14H22N4O2S.2ClH/c15-12-5-11(6-12)13-7-14(18-9-17-13)16-8-10-1-3-21(19,20)4-2-10;;/h7,9-12H,1-6,8,15H2,(H,16,17,18);2*1H. The molecule has 1 aliphatic carbocycles. The number of rotatable bonds is 4. The van der Waals surface area contributed by atoms with E-state index in [1.165, 1.54) is 0 Å². The van der Waals surface area contributed by atoms with Crippen LogP contribution in [-0.2, 0) is 9.84 Å². The Morgan fingerprint density at radius 2 is 1.83 bits per heavy atom. The Morgan fingerprint density at radius 1 is 1.17 bits per heavy atom. The van der Waals surface area contributed by atoms with E-state index < -0.39 is 9.84 Å². The predicted octanol–water partition coefficient (Wildman–Crippen LogP) is 1.76. The van der Waals surface area contributed by atoms with E-state index in [0.29, 0.717) is 29.4 Å². The number of hydrogen-bond acceptors (Lipinski definition) is 6. The second-order valence-corrected chi connectivity index (χ2v) is 8.54. The number of aromatic nitrogens is 2. The van der Waals surface area contributed by atoms with Crippen LogP contribution in [0.25, 0.3) is 0 Å². The summed E-state index contributed by atoms with van der Waals surface area (Å²) in [4.78, 5) is 8.56. The Bertz CT molecular complexity index is 595. The van der Waals surface area contributed by atoms with Crippen LogP contribution >= 0.6 is 24.8 Å². The Hall–Kier alpha value is -0.630. The van der Waals surface area contributed by atoms with Gasteiger partial charge >= 0.3 is 0 Å². The summed E-state index contributed by atoms with van der Waals surface area (Å²) < 4.78 is 22.8. The second-order valence-electron chi connectivity index (χ2n) is 6.23. The van der Waals surface area contributed by atoms with Crippen molar-refractivity contribution in [3.8, 4) is 0 Å². The molecule has 0 unspecified atom stereocenters. The molecule has 1 saturated carbocycles. The van der Waals surface area contributed by atoms with Crippen molar-refractivity contribution in [2.75, 3.05) is 23.4 Å². The van der Waals surface area contributed by atoms with Gasteiger partial charge in [0.15, 0.2) is 0 Å². The molecule has 1 aromatic heterocycles. The van der Waals surface area contributed by atoms with Gasteiger partial charge in [0.1, 0.15) is 22.0 Å². The largest absolute Gasteiger partial charge is 0.370 e. The molecule has 0 bridgehead atoms. The molecule has 132 valence electrons. The summed E-state index contributed by atoms with van der Waals surface area (Å²) in [6.07, 6.45) is 5.07. The number of halogens is 2. The summed E-state index contributed by atoms with van der Waals surface area (Å²) >= 11 is 0. The lowest BCUT2D eigenvalue weighted by molar-refractivity contribution is 0.345. The van der Waals surface area contributed by atoms with Crippen molar-refractivity contribution in [3.05, 3.63) is 18.1 Å². The first kappa shape index (κ1) is 20.4. The number of nitrogens with zero attached hydrogens (tertiary/aromatic N) is 2. The number of anilines is 1. The molecule has 0 amide bonds. The van der Waals surface area contributed by atoms with Crippen molar-refractivity contribution >= 4 is 40.5 Å². The molecule has 6 nitrogen and oxygen atoms in total. The highest BCUT2D eigenvalue weighted by Gasteiger charge is 2.28. The minimum atomic E-state index is -2.78. The first-order chi connectivity index (χ1) is 10.0. The third-order valence-corrected chi connectivity index (χ3v) is 6.24. The molecule has 2 aliphatic rings. The lowest BCUT2D eigenvalue weighted by atomic mass is 9.78. The summed E-state index contributed by atoms with van der Waals surface area (Å²) in [5.41, 5.74) is 6.87. The van der Waals surface area contributed by atoms with E-state index in [1.54, 1.807) is 6.33 Å². The lowest BCUT2D eigenvalue weighted by Crippen LogP contribution is -2.35. The average molecular weight is 383 g/mol. The quantitative estimate of drug-likeness (QED) is 0.822. The number of sulfone groups is 1. The molecule has 3 N–H and O–H groups in total. The Balaban J connectivity index is 0.00000132. The number of nitrogens with two attached hydrogens (primary N) is 1. The third kappa shape index (κ3) is 5.45. The van der Waals surface area contributed by atoms with Crippen LogP contribution < -0.4 is 11.1 Å². The van der Waals surface area contributed by atoms with Gasteiger partial charge in [-0.2, -0.15) is 0 Å². The van der Waals surface area contributed by atoms with Gasteiger partial charge in [0.05, 0.1) is 11.5 Å². The number of nitrogens with one attached hydrogen (secondary N) is 1. The van der Waals surface area contributed by atoms with E-state index in [-0.39, 0.29) is 24.8 Å². The normalized spacial score (nSPS) is 26.3. The Labute approximate surface area is 149 Å². The van der Waals surface area contributed by atoms with Crippen LogP contribution in [0.1, 0.15) is 37.3 Å². The molecule has 2 fully saturated rings. The second kappa shape index (κ2) is 8.46. The van der Waals surface area contributed by atoms with Gasteiger partial charge in [-0.3, -0.25) is 0 Å². The van der Waals surface area contributed by atoms with Crippen LogP contribution in [0.15, 0.2) is 12.4 Å². The average Bonchev–Trinajstić information content (AvgIpc) is 2.43. The SMILES string of the molecule is Cl.Cl.NC1CC(c2cc(NCC3CCS(=O)(=O)CC3)ncn2)C1. The summed E-state index contributed by atoms with van der Waals surface area (Å²) in [5.74, 6) is 2.32. The van der Waals surface area contributed by atoms with Crippen molar-refractivity contribution in [1.29, 1.82) is 0 Å². The first-order valence-corrected chi connectivity index (χ1v) is 9.36. The van der Waals surface area contributed by atoms with Crippen molar-refractivity contribution in [2.45, 2.75) is 37.6 Å². The van der Waals surface area contributed by atoms with Crippen LogP contribution in [0.4, 0.5) is 5.82 Å². The molecule has 0 spiro atoms. The molecular weight excluding hydrogens is 359 g/mol. The highest BCUT2D eigenvalue weighted by Crippen LogP contribution is 2.34. The fourth-order valence-electron chi connectivity index (χ4n) is 2.99. The fraction of sp³-hybridized carbons (Fsp3) is 0.714. The van der Waals surface area contributed by atoms with Gasteiger partial charge in [0.2, 0.25) is 0 Å². The van der Waals surface area contributed by atoms with E-state index in [0.717, 1.165) is 43.7 Å². The predicted molar refractivity (Wildman–Crippen MR) is 96.3 cm³/mol. The maximum atomic E-state index is 11.4. The van der Waals surface area contributed by atoms with Crippen LogP contribution in [0.2, 0.25) is 0 Å². The minimum Gasteiger partial charge on any atom is -0.370 e. The first-order valence-electron chi connectivity index (χ1n) is 7.53. The van der Waals surface area contributed by atoms with E-state index in [4.69, 9.17) is 5.73 Å². The molecule has 0 aromatic carbocycles. The van der Waals surface area contributed by atoms with Gasteiger partial charge in [0.25, 0.3) is 0 Å². The number of hydrogen-bond donors (Lipinski definition) is 2. The van der Waals surface area contributed by atoms with Crippen LogP contribution in [0, 0.1) is 5.92 Å².